The second-order valence-corrected chi connectivity index (χ2v) is 24.0. The molecule has 0 bridgehead atoms. The molecule has 0 aliphatic heterocycles. The number of rotatable bonds is 3. The van der Waals surface area contributed by atoms with Gasteiger partial charge in [-0.05, 0) is 0 Å². The van der Waals surface area contributed by atoms with Gasteiger partial charge in [0.15, 0.2) is 0 Å². The van der Waals surface area contributed by atoms with Crippen molar-refractivity contribution >= 4 is 30.7 Å². The molecule has 0 saturated carbocycles. The van der Waals surface area contributed by atoms with Crippen LogP contribution >= 0.6 is 24.8 Å². The van der Waals surface area contributed by atoms with Gasteiger partial charge < -0.3 is 0 Å². The van der Waals surface area contributed by atoms with E-state index in [-0.39, 0.29) is 24.8 Å². The average molecular weight is 368 g/mol. The molecule has 17 heavy (non-hydrogen) atoms. The van der Waals surface area contributed by atoms with Gasteiger partial charge in [-0.2, -0.15) is 0 Å². The van der Waals surface area contributed by atoms with Crippen molar-refractivity contribution < 1.29 is 20.9 Å². The maximum absolute atomic E-state index is 2.56. The molecule has 0 aromatic heterocycles. The molecule has 0 nitrogen and oxygen atoms in total. The quantitative estimate of drug-likeness (QED) is 0.644. The first-order chi connectivity index (χ1) is 7.20. The summed E-state index contributed by atoms with van der Waals surface area (Å²) < 4.78 is 3.76. The van der Waals surface area contributed by atoms with Crippen LogP contribution in [0.25, 0.3) is 0 Å². The van der Waals surface area contributed by atoms with E-state index in [1.165, 1.54) is 12.8 Å². The molecule has 0 aromatic rings. The van der Waals surface area contributed by atoms with Crippen LogP contribution in [0, 0.1) is 0 Å². The van der Waals surface area contributed by atoms with Gasteiger partial charge in [0.05, 0.1) is 0 Å². The Kier molecular flexibility index (Phi) is 8.24. The van der Waals surface area contributed by atoms with E-state index in [0.29, 0.717) is 0 Å². The van der Waals surface area contributed by atoms with Gasteiger partial charge in [-0.1, -0.05) is 0 Å². The van der Waals surface area contributed by atoms with Crippen molar-refractivity contribution in [3.05, 3.63) is 42.5 Å². The fourth-order valence-electron chi connectivity index (χ4n) is 2.50. The summed E-state index contributed by atoms with van der Waals surface area (Å²) in [6, 6.07) is 0. The predicted octanol–water partition coefficient (Wildman–Crippen LogP) is 4.51. The molecule has 2 aliphatic rings. The molecule has 0 saturated heterocycles. The van der Waals surface area contributed by atoms with Crippen molar-refractivity contribution in [3.63, 3.8) is 0 Å². The van der Waals surface area contributed by atoms with Crippen LogP contribution in [0.15, 0.2) is 42.5 Å². The number of allylic oxidation sites excluding steroid dienone is 8. The monoisotopic (exact) mass is 365 g/mol. The topological polar surface area (TPSA) is 0 Å². The Bertz CT molecular complexity index is 381. The van der Waals surface area contributed by atoms with Crippen molar-refractivity contribution in [2.75, 3.05) is 0 Å². The summed E-state index contributed by atoms with van der Waals surface area (Å²) >= 11 is -1.35. The van der Waals surface area contributed by atoms with E-state index in [2.05, 4.69) is 50.4 Å². The largest absolute Gasteiger partial charge is 0.147 e. The number of hydrogen-bond acceptors (Lipinski definition) is 0. The summed E-state index contributed by atoms with van der Waals surface area (Å²) in [5, 5.41) is 0. The number of halogens is 2. The average Bonchev–Trinajstić information content (AvgIpc) is 2.79. The first-order valence-corrected chi connectivity index (χ1v) is 15.4. The third kappa shape index (κ3) is 4.06. The Balaban J connectivity index is 0.00000128. The predicted molar refractivity (Wildman–Crippen MR) is 81.7 cm³/mol. The standard InChI is InChI=1S/C6H7.C5H5.C2H7Si.2ClH.Zr/c1-6-4-2-3-5-6;1-2-4-5-3-1;1-3-2;;;/h2,4H,3H2,1H3;1-3H,4H2;3H,1-2H3;2*1H;. The van der Waals surface area contributed by atoms with E-state index < -0.39 is 26.8 Å². The minimum atomic E-state index is -1.35. The van der Waals surface area contributed by atoms with Gasteiger partial charge in [0.1, 0.15) is 0 Å². The van der Waals surface area contributed by atoms with E-state index in [1.807, 2.05) is 6.56 Å². The van der Waals surface area contributed by atoms with Crippen molar-refractivity contribution in [2.24, 2.45) is 0 Å². The summed E-state index contributed by atoms with van der Waals surface area (Å²) in [4.78, 5) is 0. The van der Waals surface area contributed by atoms with Crippen LogP contribution in [0.5, 0.6) is 0 Å². The minimum Gasteiger partial charge on any atom is -0.147 e. The molecule has 0 amide bonds. The van der Waals surface area contributed by atoms with E-state index >= 15 is 0 Å². The van der Waals surface area contributed by atoms with Crippen LogP contribution in [0.1, 0.15) is 19.8 Å². The van der Waals surface area contributed by atoms with Gasteiger partial charge in [-0.15, -0.1) is 24.8 Å². The third-order valence-corrected chi connectivity index (χ3v) is 22.8. The van der Waals surface area contributed by atoms with Gasteiger partial charge >= 0.3 is 102 Å². The SMILES string of the molecule is CC1=[C]([Zr]([C]2=CC=CC2)[SiH](C)C)CC=C1.Cl.Cl. The zero-order valence-electron chi connectivity index (χ0n) is 10.7. The first kappa shape index (κ1) is 17.6. The van der Waals surface area contributed by atoms with Crippen molar-refractivity contribution in [1.29, 1.82) is 0 Å². The molecule has 0 heterocycles. The van der Waals surface area contributed by atoms with Crippen LogP contribution in [-0.4, -0.2) is 5.92 Å². The minimum absolute atomic E-state index is 0. The Morgan fingerprint density at radius 2 is 1.82 bits per heavy atom. The van der Waals surface area contributed by atoms with Gasteiger partial charge in [0.2, 0.25) is 0 Å². The zero-order valence-corrected chi connectivity index (χ0v) is 15.9. The molecule has 4 heteroatoms. The summed E-state index contributed by atoms with van der Waals surface area (Å²) in [6.45, 7) is 7.44. The van der Waals surface area contributed by atoms with E-state index in [0.717, 1.165) is 0 Å². The van der Waals surface area contributed by atoms with Crippen LogP contribution in [0.3, 0.4) is 0 Å². The Labute approximate surface area is 126 Å². The zero-order chi connectivity index (χ0) is 10.8. The Morgan fingerprint density at radius 1 is 1.12 bits per heavy atom. The summed E-state index contributed by atoms with van der Waals surface area (Å²) in [5.41, 5.74) is 1.61. The van der Waals surface area contributed by atoms with Crippen molar-refractivity contribution in [3.8, 4) is 0 Å². The molecule has 0 unspecified atom stereocenters. The molecule has 95 valence electrons. The normalized spacial score (nSPS) is 17.1. The molecule has 0 fully saturated rings. The fourth-order valence-corrected chi connectivity index (χ4v) is 22.4. The van der Waals surface area contributed by atoms with E-state index in [4.69, 9.17) is 0 Å². The third-order valence-electron chi connectivity index (χ3n) is 3.19. The van der Waals surface area contributed by atoms with Crippen molar-refractivity contribution in [1.82, 2.24) is 0 Å². The molecular formula is C13H21Cl2SiZr. The van der Waals surface area contributed by atoms with Gasteiger partial charge in [-0.3, -0.25) is 0 Å². The molecule has 0 aromatic carbocycles. The van der Waals surface area contributed by atoms with Crippen LogP contribution in [-0.2, 0) is 20.9 Å². The molecule has 0 atom stereocenters. The van der Waals surface area contributed by atoms with Crippen LogP contribution < -0.4 is 0 Å². The molecule has 2 aliphatic carbocycles. The Hall–Kier alpha value is 0.640. The van der Waals surface area contributed by atoms with Gasteiger partial charge in [0, 0.05) is 0 Å². The van der Waals surface area contributed by atoms with Gasteiger partial charge in [0.25, 0.3) is 0 Å². The molecule has 0 N–H and O–H groups in total. The molecule has 2 rings (SSSR count). The van der Waals surface area contributed by atoms with Crippen molar-refractivity contribution in [2.45, 2.75) is 32.9 Å². The smallest absolute Gasteiger partial charge is 0.147 e. The van der Waals surface area contributed by atoms with Crippen LogP contribution in [0.4, 0.5) is 0 Å². The van der Waals surface area contributed by atoms with E-state index in [9.17, 15) is 0 Å². The molecule has 0 spiro atoms. The number of hydrogen-bond donors (Lipinski definition) is 0. The van der Waals surface area contributed by atoms with Gasteiger partial charge in [-0.25, -0.2) is 0 Å². The van der Waals surface area contributed by atoms with E-state index in [1.54, 1.807) is 5.57 Å². The first-order valence-electron chi connectivity index (χ1n) is 5.79. The summed E-state index contributed by atoms with van der Waals surface area (Å²) in [7, 11) is 0. The second-order valence-electron chi connectivity index (χ2n) is 4.66. The fraction of sp³-hybridized carbons (Fsp3) is 0.385. The summed E-state index contributed by atoms with van der Waals surface area (Å²) in [6.07, 6.45) is 14.3. The maximum atomic E-state index is 2.56. The summed E-state index contributed by atoms with van der Waals surface area (Å²) in [5.74, 6) is -0.440. The second kappa shape index (κ2) is 7.94. The van der Waals surface area contributed by atoms with Crippen LogP contribution in [0.2, 0.25) is 13.1 Å². The Morgan fingerprint density at radius 3 is 2.24 bits per heavy atom. The molecular weight excluding hydrogens is 346 g/mol. The maximum Gasteiger partial charge on any atom is -0.147 e. The molecule has 0 radical (unpaired) electrons.